The van der Waals surface area contributed by atoms with E-state index in [4.69, 9.17) is 27.9 Å². The Kier molecular flexibility index (Phi) is 7.12. The molecule has 0 spiro atoms. The standard InChI is InChI=1S/C19H22Cl2N2O2/c1-4-23(13(2)14-7-5-8-15(11-14)25-3)12-18(24)22-19-16(20)9-6-10-17(19)21/h5-11,13H,4,12H2,1-3H3,(H,22,24). The molecule has 0 aliphatic carbocycles. The number of carbonyl (C=O) groups excluding carboxylic acids is 1. The van der Waals surface area contributed by atoms with Crippen LogP contribution < -0.4 is 10.1 Å². The molecular weight excluding hydrogens is 359 g/mol. The number of ether oxygens (including phenoxy) is 1. The van der Waals surface area contributed by atoms with E-state index in [0.717, 1.165) is 17.9 Å². The van der Waals surface area contributed by atoms with Crippen LogP contribution in [0.5, 0.6) is 5.75 Å². The highest BCUT2D eigenvalue weighted by molar-refractivity contribution is 6.39. The first kappa shape index (κ1) is 19.6. The number of nitrogens with one attached hydrogen (secondary N) is 1. The maximum atomic E-state index is 12.5. The molecule has 0 aromatic heterocycles. The van der Waals surface area contributed by atoms with E-state index < -0.39 is 0 Å². The lowest BCUT2D eigenvalue weighted by Crippen LogP contribution is -2.35. The van der Waals surface area contributed by atoms with E-state index in [2.05, 4.69) is 17.1 Å². The number of likely N-dealkylation sites (N-methyl/N-ethyl adjacent to an activating group) is 1. The molecule has 4 nitrogen and oxygen atoms in total. The Balaban J connectivity index is 2.09. The molecule has 0 heterocycles. The Morgan fingerprint density at radius 3 is 2.44 bits per heavy atom. The Labute approximate surface area is 158 Å². The minimum atomic E-state index is -0.161. The number of para-hydroxylation sites is 1. The molecule has 0 aliphatic rings. The van der Waals surface area contributed by atoms with E-state index in [0.29, 0.717) is 15.7 Å². The zero-order chi connectivity index (χ0) is 18.4. The highest BCUT2D eigenvalue weighted by atomic mass is 35.5. The topological polar surface area (TPSA) is 41.6 Å². The third kappa shape index (κ3) is 5.11. The van der Waals surface area contributed by atoms with Gasteiger partial charge in [0.25, 0.3) is 0 Å². The summed E-state index contributed by atoms with van der Waals surface area (Å²) in [6.45, 7) is 5.04. The number of benzene rings is 2. The lowest BCUT2D eigenvalue weighted by molar-refractivity contribution is -0.117. The van der Waals surface area contributed by atoms with Gasteiger partial charge in [0, 0.05) is 6.04 Å². The van der Waals surface area contributed by atoms with Gasteiger partial charge in [0.15, 0.2) is 0 Å². The predicted molar refractivity (Wildman–Crippen MR) is 104 cm³/mol. The number of halogens is 2. The van der Waals surface area contributed by atoms with Gasteiger partial charge in [0.2, 0.25) is 5.91 Å². The van der Waals surface area contributed by atoms with Gasteiger partial charge in [-0.3, -0.25) is 9.69 Å². The molecule has 25 heavy (non-hydrogen) atoms. The van der Waals surface area contributed by atoms with Crippen LogP contribution in [-0.4, -0.2) is 31.0 Å². The number of amides is 1. The highest BCUT2D eigenvalue weighted by Crippen LogP contribution is 2.30. The van der Waals surface area contributed by atoms with Gasteiger partial charge in [-0.1, -0.05) is 48.3 Å². The van der Waals surface area contributed by atoms with E-state index >= 15 is 0 Å². The molecule has 1 N–H and O–H groups in total. The molecular formula is C19H22Cl2N2O2. The van der Waals surface area contributed by atoms with Crippen LogP contribution in [0.25, 0.3) is 0 Å². The van der Waals surface area contributed by atoms with Crippen molar-refractivity contribution >= 4 is 34.8 Å². The van der Waals surface area contributed by atoms with Crippen molar-refractivity contribution in [3.8, 4) is 5.75 Å². The molecule has 134 valence electrons. The Morgan fingerprint density at radius 2 is 1.84 bits per heavy atom. The largest absolute Gasteiger partial charge is 0.497 e. The summed E-state index contributed by atoms with van der Waals surface area (Å²) < 4.78 is 5.28. The Morgan fingerprint density at radius 1 is 1.20 bits per heavy atom. The second kappa shape index (κ2) is 9.09. The molecule has 1 atom stereocenters. The summed E-state index contributed by atoms with van der Waals surface area (Å²) in [4.78, 5) is 14.5. The lowest BCUT2D eigenvalue weighted by Gasteiger charge is -2.28. The molecule has 1 amide bonds. The fraction of sp³-hybridized carbons (Fsp3) is 0.316. The Hall–Kier alpha value is -1.75. The fourth-order valence-electron chi connectivity index (χ4n) is 2.62. The van der Waals surface area contributed by atoms with Gasteiger partial charge in [0.1, 0.15) is 5.75 Å². The lowest BCUT2D eigenvalue weighted by atomic mass is 10.1. The number of rotatable bonds is 7. The molecule has 0 aliphatic heterocycles. The van der Waals surface area contributed by atoms with Crippen molar-refractivity contribution in [1.82, 2.24) is 4.90 Å². The second-order valence-corrected chi connectivity index (χ2v) is 6.47. The summed E-state index contributed by atoms with van der Waals surface area (Å²) >= 11 is 12.2. The number of hydrogen-bond donors (Lipinski definition) is 1. The number of carbonyl (C=O) groups is 1. The van der Waals surface area contributed by atoms with E-state index in [9.17, 15) is 4.79 Å². The third-order valence-corrected chi connectivity index (χ3v) is 4.73. The van der Waals surface area contributed by atoms with Crippen molar-refractivity contribution in [3.05, 3.63) is 58.1 Å². The molecule has 2 rings (SSSR count). The van der Waals surface area contributed by atoms with Crippen LogP contribution in [0.3, 0.4) is 0 Å². The molecule has 2 aromatic rings. The van der Waals surface area contributed by atoms with Crippen LogP contribution in [0.4, 0.5) is 5.69 Å². The minimum absolute atomic E-state index is 0.0626. The van der Waals surface area contributed by atoms with Gasteiger partial charge >= 0.3 is 0 Å². The van der Waals surface area contributed by atoms with Crippen molar-refractivity contribution in [2.45, 2.75) is 19.9 Å². The summed E-state index contributed by atoms with van der Waals surface area (Å²) in [5, 5.41) is 3.65. The van der Waals surface area contributed by atoms with Crippen molar-refractivity contribution in [2.75, 3.05) is 25.5 Å². The van der Waals surface area contributed by atoms with Gasteiger partial charge in [-0.05, 0) is 43.3 Å². The number of anilines is 1. The van der Waals surface area contributed by atoms with Crippen molar-refractivity contribution in [1.29, 1.82) is 0 Å². The average molecular weight is 381 g/mol. The van der Waals surface area contributed by atoms with Crippen molar-refractivity contribution < 1.29 is 9.53 Å². The molecule has 6 heteroatoms. The zero-order valence-electron chi connectivity index (χ0n) is 14.6. The van der Waals surface area contributed by atoms with Crippen LogP contribution >= 0.6 is 23.2 Å². The second-order valence-electron chi connectivity index (χ2n) is 5.66. The molecule has 0 saturated heterocycles. The van der Waals surface area contributed by atoms with E-state index in [1.54, 1.807) is 25.3 Å². The number of methoxy groups -OCH3 is 1. The van der Waals surface area contributed by atoms with Gasteiger partial charge in [0.05, 0.1) is 29.4 Å². The average Bonchev–Trinajstić information content (AvgIpc) is 2.62. The molecule has 0 saturated carbocycles. The molecule has 0 radical (unpaired) electrons. The summed E-state index contributed by atoms with van der Waals surface area (Å²) in [6, 6.07) is 13.0. The van der Waals surface area contributed by atoms with Crippen LogP contribution in [0.2, 0.25) is 10.0 Å². The normalized spacial score (nSPS) is 12.1. The summed E-state index contributed by atoms with van der Waals surface area (Å²) in [5.41, 5.74) is 1.53. The maximum absolute atomic E-state index is 12.5. The van der Waals surface area contributed by atoms with Crippen LogP contribution in [0, 0.1) is 0 Å². The van der Waals surface area contributed by atoms with Gasteiger partial charge in [-0.15, -0.1) is 0 Å². The van der Waals surface area contributed by atoms with E-state index in [1.165, 1.54) is 0 Å². The maximum Gasteiger partial charge on any atom is 0.238 e. The smallest absolute Gasteiger partial charge is 0.238 e. The van der Waals surface area contributed by atoms with Gasteiger partial charge in [-0.2, -0.15) is 0 Å². The number of hydrogen-bond acceptors (Lipinski definition) is 3. The SMILES string of the molecule is CCN(CC(=O)Nc1c(Cl)cccc1Cl)C(C)c1cccc(OC)c1. The Bertz CT molecular complexity index is 717. The van der Waals surface area contributed by atoms with Crippen molar-refractivity contribution in [2.24, 2.45) is 0 Å². The monoisotopic (exact) mass is 380 g/mol. The van der Waals surface area contributed by atoms with Crippen LogP contribution in [0.1, 0.15) is 25.5 Å². The fourth-order valence-corrected chi connectivity index (χ4v) is 3.11. The summed E-state index contributed by atoms with van der Waals surface area (Å²) in [7, 11) is 1.64. The first-order valence-electron chi connectivity index (χ1n) is 8.08. The first-order chi connectivity index (χ1) is 12.0. The van der Waals surface area contributed by atoms with E-state index in [1.807, 2.05) is 31.2 Å². The quantitative estimate of drug-likeness (QED) is 0.732. The zero-order valence-corrected chi connectivity index (χ0v) is 16.1. The molecule has 0 bridgehead atoms. The summed E-state index contributed by atoms with van der Waals surface area (Å²) in [5.74, 6) is 0.638. The first-order valence-corrected chi connectivity index (χ1v) is 8.83. The molecule has 1 unspecified atom stereocenters. The third-order valence-electron chi connectivity index (χ3n) is 4.10. The predicted octanol–water partition coefficient (Wildman–Crippen LogP) is 5.02. The van der Waals surface area contributed by atoms with Crippen LogP contribution in [0.15, 0.2) is 42.5 Å². The molecule has 2 aromatic carbocycles. The summed E-state index contributed by atoms with van der Waals surface area (Å²) in [6.07, 6.45) is 0. The van der Waals surface area contributed by atoms with Crippen LogP contribution in [-0.2, 0) is 4.79 Å². The number of nitrogens with zero attached hydrogens (tertiary/aromatic N) is 1. The molecule has 0 fully saturated rings. The minimum Gasteiger partial charge on any atom is -0.497 e. The van der Waals surface area contributed by atoms with E-state index in [-0.39, 0.29) is 18.5 Å². The van der Waals surface area contributed by atoms with Gasteiger partial charge < -0.3 is 10.1 Å². The van der Waals surface area contributed by atoms with Crippen molar-refractivity contribution in [3.63, 3.8) is 0 Å². The highest BCUT2D eigenvalue weighted by Gasteiger charge is 2.19. The van der Waals surface area contributed by atoms with Gasteiger partial charge in [-0.25, -0.2) is 0 Å².